The monoisotopic (exact) mass is 284 g/mol. The third-order valence-corrected chi connectivity index (χ3v) is 3.43. The molecule has 106 valence electrons. The largest absolute Gasteiger partial charge is 0.392 e. The summed E-state index contributed by atoms with van der Waals surface area (Å²) in [6.45, 7) is 2.45. The molecule has 0 saturated carbocycles. The molecule has 0 fully saturated rings. The minimum absolute atomic E-state index is 0.0220. The molecule has 1 aromatic heterocycles. The summed E-state index contributed by atoms with van der Waals surface area (Å²) in [6.07, 6.45) is 0.445. The van der Waals surface area contributed by atoms with E-state index in [9.17, 15) is 14.7 Å². The summed E-state index contributed by atoms with van der Waals surface area (Å²) in [7, 11) is 1.67. The Hall–Kier alpha value is -1.40. The summed E-state index contributed by atoms with van der Waals surface area (Å²) in [5.74, 6) is -0.119. The average molecular weight is 284 g/mol. The molecule has 0 bridgehead atoms. The van der Waals surface area contributed by atoms with Gasteiger partial charge in [-0.05, 0) is 24.8 Å². The van der Waals surface area contributed by atoms with Crippen LogP contribution >= 0.6 is 11.3 Å². The van der Waals surface area contributed by atoms with Crippen LogP contribution in [0.3, 0.4) is 0 Å². The van der Waals surface area contributed by atoms with Gasteiger partial charge in [0.2, 0.25) is 5.91 Å². The first kappa shape index (κ1) is 15.7. The van der Waals surface area contributed by atoms with Gasteiger partial charge in [-0.3, -0.25) is 9.59 Å². The van der Waals surface area contributed by atoms with Gasteiger partial charge in [0.05, 0.1) is 11.0 Å². The molecule has 1 heterocycles. The highest BCUT2D eigenvalue weighted by atomic mass is 32.1. The Morgan fingerprint density at radius 3 is 2.84 bits per heavy atom. The summed E-state index contributed by atoms with van der Waals surface area (Å²) in [6, 6.07) is 3.59. The standard InChI is InChI=1S/C13H20N2O3S/c1-10(16)9-15(2)12(17)6-3-7-14-13(18)11-5-4-8-19-11/h4-5,8,10,16H,3,6-7,9H2,1-2H3,(H,14,18). The van der Waals surface area contributed by atoms with E-state index in [4.69, 9.17) is 0 Å². The van der Waals surface area contributed by atoms with E-state index in [0.29, 0.717) is 30.8 Å². The van der Waals surface area contributed by atoms with Crippen molar-refractivity contribution in [3.05, 3.63) is 22.4 Å². The molecule has 2 N–H and O–H groups in total. The van der Waals surface area contributed by atoms with Crippen molar-refractivity contribution in [1.29, 1.82) is 0 Å². The molecule has 0 saturated heterocycles. The number of carbonyl (C=O) groups is 2. The van der Waals surface area contributed by atoms with Crippen LogP contribution in [-0.4, -0.2) is 48.1 Å². The minimum Gasteiger partial charge on any atom is -0.392 e. The number of rotatable bonds is 7. The highest BCUT2D eigenvalue weighted by Gasteiger charge is 2.11. The van der Waals surface area contributed by atoms with Gasteiger partial charge in [0, 0.05) is 26.6 Å². The Kier molecular flexibility index (Phi) is 6.52. The molecule has 0 aliphatic rings. The smallest absolute Gasteiger partial charge is 0.261 e. The number of carbonyl (C=O) groups excluding carboxylic acids is 2. The van der Waals surface area contributed by atoms with Gasteiger partial charge < -0.3 is 15.3 Å². The lowest BCUT2D eigenvalue weighted by molar-refractivity contribution is -0.131. The molecule has 0 radical (unpaired) electrons. The molecule has 1 rings (SSSR count). The summed E-state index contributed by atoms with van der Waals surface area (Å²) in [4.78, 5) is 25.4. The van der Waals surface area contributed by atoms with Crippen molar-refractivity contribution < 1.29 is 14.7 Å². The number of nitrogens with zero attached hydrogens (tertiary/aromatic N) is 1. The first-order valence-electron chi connectivity index (χ1n) is 6.24. The number of aliphatic hydroxyl groups excluding tert-OH is 1. The molecule has 19 heavy (non-hydrogen) atoms. The molecule has 5 nitrogen and oxygen atoms in total. The van der Waals surface area contributed by atoms with Gasteiger partial charge >= 0.3 is 0 Å². The van der Waals surface area contributed by atoms with E-state index in [2.05, 4.69) is 5.32 Å². The maximum atomic E-state index is 11.7. The quantitative estimate of drug-likeness (QED) is 0.737. The fraction of sp³-hybridized carbons (Fsp3) is 0.538. The van der Waals surface area contributed by atoms with E-state index in [-0.39, 0.29) is 11.8 Å². The third kappa shape index (κ3) is 5.85. The number of hydrogen-bond acceptors (Lipinski definition) is 4. The zero-order chi connectivity index (χ0) is 14.3. The molecule has 2 amide bonds. The molecule has 1 unspecified atom stereocenters. The van der Waals surface area contributed by atoms with E-state index in [1.165, 1.54) is 16.2 Å². The maximum Gasteiger partial charge on any atom is 0.261 e. The van der Waals surface area contributed by atoms with Crippen LogP contribution in [0, 0.1) is 0 Å². The van der Waals surface area contributed by atoms with Crippen molar-refractivity contribution in [2.24, 2.45) is 0 Å². The second-order valence-electron chi connectivity index (χ2n) is 4.46. The number of thiophene rings is 1. The fourth-order valence-electron chi connectivity index (χ4n) is 1.63. The zero-order valence-electron chi connectivity index (χ0n) is 11.3. The average Bonchev–Trinajstić information content (AvgIpc) is 2.86. The van der Waals surface area contributed by atoms with Gasteiger partial charge in [-0.25, -0.2) is 0 Å². The lowest BCUT2D eigenvalue weighted by Crippen LogP contribution is -2.33. The summed E-state index contributed by atoms with van der Waals surface area (Å²) in [5, 5.41) is 13.8. The molecule has 6 heteroatoms. The molecule has 0 aliphatic heterocycles. The van der Waals surface area contributed by atoms with Crippen LogP contribution in [-0.2, 0) is 4.79 Å². The Labute approximate surface area is 117 Å². The van der Waals surface area contributed by atoms with Crippen LogP contribution in [0.25, 0.3) is 0 Å². The second-order valence-corrected chi connectivity index (χ2v) is 5.41. The van der Waals surface area contributed by atoms with E-state index >= 15 is 0 Å². The van der Waals surface area contributed by atoms with Crippen molar-refractivity contribution in [1.82, 2.24) is 10.2 Å². The van der Waals surface area contributed by atoms with Gasteiger partial charge in [0.1, 0.15) is 0 Å². The lowest BCUT2D eigenvalue weighted by atomic mass is 10.2. The SMILES string of the molecule is CC(O)CN(C)C(=O)CCCNC(=O)c1cccs1. The Bertz CT molecular complexity index is 404. The Balaban J connectivity index is 2.17. The van der Waals surface area contributed by atoms with Crippen molar-refractivity contribution in [3.63, 3.8) is 0 Å². The maximum absolute atomic E-state index is 11.7. The third-order valence-electron chi connectivity index (χ3n) is 2.56. The van der Waals surface area contributed by atoms with E-state index < -0.39 is 6.10 Å². The molecule has 0 aromatic carbocycles. The summed E-state index contributed by atoms with van der Waals surface area (Å²) in [5.41, 5.74) is 0. The molecule has 0 spiro atoms. The molecule has 1 aromatic rings. The van der Waals surface area contributed by atoms with Gasteiger partial charge in [-0.2, -0.15) is 0 Å². The van der Waals surface area contributed by atoms with Crippen molar-refractivity contribution in [3.8, 4) is 0 Å². The Morgan fingerprint density at radius 2 is 2.26 bits per heavy atom. The lowest BCUT2D eigenvalue weighted by Gasteiger charge is -2.18. The van der Waals surface area contributed by atoms with Crippen LogP contribution in [0.4, 0.5) is 0 Å². The van der Waals surface area contributed by atoms with Gasteiger partial charge in [-0.1, -0.05) is 6.07 Å². The number of aliphatic hydroxyl groups is 1. The number of likely N-dealkylation sites (N-methyl/N-ethyl adjacent to an activating group) is 1. The first-order chi connectivity index (χ1) is 9.00. The predicted octanol–water partition coefficient (Wildman–Crippen LogP) is 1.10. The normalized spacial score (nSPS) is 11.9. The summed E-state index contributed by atoms with van der Waals surface area (Å²) >= 11 is 1.39. The van der Waals surface area contributed by atoms with Crippen LogP contribution in [0.15, 0.2) is 17.5 Å². The van der Waals surface area contributed by atoms with Crippen LogP contribution in [0.5, 0.6) is 0 Å². The van der Waals surface area contributed by atoms with E-state index in [1.807, 2.05) is 11.4 Å². The number of hydrogen-bond donors (Lipinski definition) is 2. The van der Waals surface area contributed by atoms with Gasteiger partial charge in [-0.15, -0.1) is 11.3 Å². The summed E-state index contributed by atoms with van der Waals surface area (Å²) < 4.78 is 0. The number of nitrogens with one attached hydrogen (secondary N) is 1. The number of amides is 2. The second kappa shape index (κ2) is 7.91. The first-order valence-corrected chi connectivity index (χ1v) is 7.12. The zero-order valence-corrected chi connectivity index (χ0v) is 12.1. The topological polar surface area (TPSA) is 69.6 Å². The Morgan fingerprint density at radius 1 is 1.53 bits per heavy atom. The van der Waals surface area contributed by atoms with Crippen LogP contribution in [0.1, 0.15) is 29.4 Å². The van der Waals surface area contributed by atoms with E-state index in [1.54, 1.807) is 20.0 Å². The van der Waals surface area contributed by atoms with Crippen LogP contribution in [0.2, 0.25) is 0 Å². The van der Waals surface area contributed by atoms with Gasteiger partial charge in [0.15, 0.2) is 0 Å². The molecule has 0 aliphatic carbocycles. The fourth-order valence-corrected chi connectivity index (χ4v) is 2.27. The predicted molar refractivity (Wildman–Crippen MR) is 75.2 cm³/mol. The molecular formula is C13H20N2O3S. The highest BCUT2D eigenvalue weighted by Crippen LogP contribution is 2.07. The van der Waals surface area contributed by atoms with Crippen LogP contribution < -0.4 is 5.32 Å². The minimum atomic E-state index is -0.521. The van der Waals surface area contributed by atoms with Crippen molar-refractivity contribution in [2.75, 3.05) is 20.1 Å². The van der Waals surface area contributed by atoms with Crippen molar-refractivity contribution in [2.45, 2.75) is 25.9 Å². The highest BCUT2D eigenvalue weighted by molar-refractivity contribution is 7.12. The van der Waals surface area contributed by atoms with Crippen molar-refractivity contribution >= 4 is 23.2 Å². The van der Waals surface area contributed by atoms with Gasteiger partial charge in [0.25, 0.3) is 5.91 Å². The van der Waals surface area contributed by atoms with E-state index in [0.717, 1.165) is 0 Å². The molecule has 1 atom stereocenters. The molecular weight excluding hydrogens is 264 g/mol.